The predicted molar refractivity (Wildman–Crippen MR) is 113 cm³/mol. The second-order valence-corrected chi connectivity index (χ2v) is 7.25. The Morgan fingerprint density at radius 2 is 1.67 bits per heavy atom. The second-order valence-electron chi connectivity index (χ2n) is 7.25. The Labute approximate surface area is 175 Å². The van der Waals surface area contributed by atoms with Crippen molar-refractivity contribution in [2.75, 3.05) is 7.11 Å². The molecule has 30 heavy (non-hydrogen) atoms. The summed E-state index contributed by atoms with van der Waals surface area (Å²) in [6.07, 6.45) is 0.443. The van der Waals surface area contributed by atoms with Crippen molar-refractivity contribution in [1.82, 2.24) is 4.90 Å². The van der Waals surface area contributed by atoms with Crippen LogP contribution < -0.4 is 4.74 Å². The van der Waals surface area contributed by atoms with Crippen LogP contribution in [0.2, 0.25) is 0 Å². The minimum atomic E-state index is -0.647. The molecule has 0 aromatic heterocycles. The molecule has 0 spiro atoms. The maximum atomic E-state index is 13.3. The zero-order chi connectivity index (χ0) is 20.9. The number of fused-ring (bicyclic) bond motifs is 1. The van der Waals surface area contributed by atoms with Gasteiger partial charge in [0.15, 0.2) is 0 Å². The van der Waals surface area contributed by atoms with Crippen LogP contribution in [0, 0.1) is 0 Å². The van der Waals surface area contributed by atoms with E-state index in [-0.39, 0.29) is 5.91 Å². The first-order valence-corrected chi connectivity index (χ1v) is 9.88. The summed E-state index contributed by atoms with van der Waals surface area (Å²) in [6.45, 7) is 0.782. The number of nitrogens with zero attached hydrogens (tertiary/aromatic N) is 1. The lowest BCUT2D eigenvalue weighted by molar-refractivity contribution is -0.146. The molecular weight excluding hydrogens is 378 g/mol. The van der Waals surface area contributed by atoms with Gasteiger partial charge in [-0.1, -0.05) is 60.7 Å². The Balaban J connectivity index is 1.55. The van der Waals surface area contributed by atoms with E-state index in [0.717, 1.165) is 16.7 Å². The van der Waals surface area contributed by atoms with Gasteiger partial charge in [0.05, 0.1) is 7.11 Å². The largest absolute Gasteiger partial charge is 0.489 e. The minimum Gasteiger partial charge on any atom is -0.489 e. The van der Waals surface area contributed by atoms with Crippen molar-refractivity contribution in [3.8, 4) is 5.75 Å². The molecule has 152 valence electrons. The molecule has 1 amide bonds. The minimum absolute atomic E-state index is 0.218. The van der Waals surface area contributed by atoms with Crippen LogP contribution >= 0.6 is 0 Å². The Morgan fingerprint density at radius 1 is 0.933 bits per heavy atom. The third-order valence-corrected chi connectivity index (χ3v) is 5.31. The zero-order valence-corrected chi connectivity index (χ0v) is 16.8. The molecule has 3 aromatic rings. The van der Waals surface area contributed by atoms with Gasteiger partial charge in [-0.2, -0.15) is 0 Å². The summed E-state index contributed by atoms with van der Waals surface area (Å²) in [4.78, 5) is 27.3. The molecule has 1 aliphatic rings. The fourth-order valence-electron chi connectivity index (χ4n) is 3.71. The molecule has 0 aliphatic carbocycles. The van der Waals surface area contributed by atoms with E-state index in [9.17, 15) is 9.59 Å². The first-order valence-electron chi connectivity index (χ1n) is 9.88. The Bertz CT molecular complexity index is 1050. The number of esters is 1. The fourth-order valence-corrected chi connectivity index (χ4v) is 3.71. The summed E-state index contributed by atoms with van der Waals surface area (Å²) in [5.74, 6) is -0.0175. The first kappa shape index (κ1) is 19.7. The molecule has 0 saturated carbocycles. The summed E-state index contributed by atoms with van der Waals surface area (Å²) in [5.41, 5.74) is 3.64. The SMILES string of the molecule is COC(=O)C1Cc2ccccc2CN1C(=O)c1cccc(OCc2ccccc2)c1. The molecule has 3 aromatic carbocycles. The average Bonchev–Trinajstić information content (AvgIpc) is 2.81. The van der Waals surface area contributed by atoms with Crippen molar-refractivity contribution in [2.24, 2.45) is 0 Å². The summed E-state index contributed by atoms with van der Waals surface area (Å²) >= 11 is 0. The normalized spacial score (nSPS) is 15.2. The molecule has 0 fully saturated rings. The lowest BCUT2D eigenvalue weighted by Gasteiger charge is -2.35. The monoisotopic (exact) mass is 401 g/mol. The highest BCUT2D eigenvalue weighted by atomic mass is 16.5. The van der Waals surface area contributed by atoms with Gasteiger partial charge in [0.1, 0.15) is 18.4 Å². The Hall–Kier alpha value is -3.60. The molecule has 4 rings (SSSR count). The van der Waals surface area contributed by atoms with Crippen LogP contribution in [0.3, 0.4) is 0 Å². The number of hydrogen-bond acceptors (Lipinski definition) is 4. The number of ether oxygens (including phenoxy) is 2. The van der Waals surface area contributed by atoms with Gasteiger partial charge in [-0.15, -0.1) is 0 Å². The number of rotatable bonds is 5. The van der Waals surface area contributed by atoms with Crippen LogP contribution in [0.1, 0.15) is 27.0 Å². The first-order chi connectivity index (χ1) is 14.7. The van der Waals surface area contributed by atoms with Gasteiger partial charge in [-0.3, -0.25) is 4.79 Å². The van der Waals surface area contributed by atoms with E-state index in [0.29, 0.717) is 30.9 Å². The van der Waals surface area contributed by atoms with Crippen LogP contribution in [0.25, 0.3) is 0 Å². The third-order valence-electron chi connectivity index (χ3n) is 5.31. The molecule has 5 heteroatoms. The van der Waals surface area contributed by atoms with Gasteiger partial charge >= 0.3 is 5.97 Å². The van der Waals surface area contributed by atoms with Gasteiger partial charge in [0.25, 0.3) is 5.91 Å². The topological polar surface area (TPSA) is 55.8 Å². The molecule has 0 bridgehead atoms. The van der Waals surface area contributed by atoms with Gasteiger partial charge in [-0.05, 0) is 34.9 Å². The summed E-state index contributed by atoms with van der Waals surface area (Å²) in [5, 5.41) is 0. The van der Waals surface area contributed by atoms with Crippen molar-refractivity contribution in [2.45, 2.75) is 25.6 Å². The maximum Gasteiger partial charge on any atom is 0.328 e. The van der Waals surface area contributed by atoms with Crippen LogP contribution in [-0.2, 0) is 29.1 Å². The number of amides is 1. The van der Waals surface area contributed by atoms with Gasteiger partial charge in [-0.25, -0.2) is 4.79 Å². The third kappa shape index (κ3) is 4.20. The van der Waals surface area contributed by atoms with Crippen molar-refractivity contribution in [3.05, 3.63) is 101 Å². The highest BCUT2D eigenvalue weighted by molar-refractivity contribution is 5.97. The van der Waals surface area contributed by atoms with E-state index in [1.807, 2.05) is 60.7 Å². The van der Waals surface area contributed by atoms with Crippen LogP contribution in [0.15, 0.2) is 78.9 Å². The lowest BCUT2D eigenvalue weighted by atomic mass is 9.93. The van der Waals surface area contributed by atoms with Crippen molar-refractivity contribution >= 4 is 11.9 Å². The number of methoxy groups -OCH3 is 1. The number of carbonyl (C=O) groups is 2. The molecule has 1 heterocycles. The molecule has 1 aliphatic heterocycles. The highest BCUT2D eigenvalue weighted by Gasteiger charge is 2.35. The maximum absolute atomic E-state index is 13.3. The molecule has 1 unspecified atom stereocenters. The average molecular weight is 401 g/mol. The summed E-state index contributed by atoms with van der Waals surface area (Å²) in [6, 6.07) is 24.1. The van der Waals surface area contributed by atoms with Gasteiger partial charge in [0, 0.05) is 18.5 Å². The molecular formula is C25H23NO4. The molecule has 0 radical (unpaired) electrons. The zero-order valence-electron chi connectivity index (χ0n) is 16.8. The van der Waals surface area contributed by atoms with Crippen molar-refractivity contribution in [3.63, 3.8) is 0 Å². The van der Waals surface area contributed by atoms with Crippen LogP contribution in [0.4, 0.5) is 0 Å². The molecule has 0 N–H and O–H groups in total. The Morgan fingerprint density at radius 3 is 2.43 bits per heavy atom. The van der Waals surface area contributed by atoms with Crippen LogP contribution in [-0.4, -0.2) is 29.9 Å². The summed E-state index contributed by atoms with van der Waals surface area (Å²) in [7, 11) is 1.35. The van der Waals surface area contributed by atoms with Crippen molar-refractivity contribution in [1.29, 1.82) is 0 Å². The number of hydrogen-bond donors (Lipinski definition) is 0. The van der Waals surface area contributed by atoms with E-state index in [1.54, 1.807) is 23.1 Å². The smallest absolute Gasteiger partial charge is 0.328 e. The number of carbonyl (C=O) groups excluding carboxylic acids is 2. The van der Waals surface area contributed by atoms with E-state index < -0.39 is 12.0 Å². The molecule has 0 saturated heterocycles. The fraction of sp³-hybridized carbons (Fsp3) is 0.200. The van der Waals surface area contributed by atoms with Crippen LogP contribution in [0.5, 0.6) is 5.75 Å². The van der Waals surface area contributed by atoms with E-state index in [2.05, 4.69) is 0 Å². The van der Waals surface area contributed by atoms with Gasteiger partial charge in [0.2, 0.25) is 0 Å². The van der Waals surface area contributed by atoms with E-state index in [4.69, 9.17) is 9.47 Å². The Kier molecular flexibility index (Phi) is 5.80. The predicted octanol–water partition coefficient (Wildman–Crippen LogP) is 4.01. The highest BCUT2D eigenvalue weighted by Crippen LogP contribution is 2.26. The lowest BCUT2D eigenvalue weighted by Crippen LogP contribution is -2.49. The van der Waals surface area contributed by atoms with Crippen molar-refractivity contribution < 1.29 is 19.1 Å². The number of benzene rings is 3. The molecule has 5 nitrogen and oxygen atoms in total. The summed E-state index contributed by atoms with van der Waals surface area (Å²) < 4.78 is 10.8. The second kappa shape index (κ2) is 8.82. The standard InChI is InChI=1S/C25H23NO4/c1-29-25(28)23-15-19-10-5-6-11-21(19)16-26(23)24(27)20-12-7-13-22(14-20)30-17-18-8-3-2-4-9-18/h2-14,23H,15-17H2,1H3. The van der Waals surface area contributed by atoms with Gasteiger partial charge < -0.3 is 14.4 Å². The van der Waals surface area contributed by atoms with E-state index >= 15 is 0 Å². The quantitative estimate of drug-likeness (QED) is 0.607. The van der Waals surface area contributed by atoms with E-state index in [1.165, 1.54) is 7.11 Å². The molecule has 1 atom stereocenters.